The lowest BCUT2D eigenvalue weighted by Crippen LogP contribution is -2.16. The summed E-state index contributed by atoms with van der Waals surface area (Å²) in [6.07, 6.45) is -0.0717. The van der Waals surface area contributed by atoms with Crippen LogP contribution in [0.4, 0.5) is 4.39 Å². The molecule has 1 unspecified atom stereocenters. The molecular formula is C11H13FO4. The molecule has 0 aromatic heterocycles. The Balaban J connectivity index is 2.70. The molecule has 0 amide bonds. The highest BCUT2D eigenvalue weighted by Crippen LogP contribution is 2.17. The van der Waals surface area contributed by atoms with E-state index in [0.29, 0.717) is 6.42 Å². The van der Waals surface area contributed by atoms with Gasteiger partial charge >= 0.3 is 5.97 Å². The molecule has 2 N–H and O–H groups in total. The molecule has 16 heavy (non-hydrogen) atoms. The van der Waals surface area contributed by atoms with Crippen molar-refractivity contribution in [1.29, 1.82) is 0 Å². The summed E-state index contributed by atoms with van der Waals surface area (Å²) in [5, 5.41) is 17.8. The van der Waals surface area contributed by atoms with E-state index in [9.17, 15) is 14.3 Å². The Bertz CT molecular complexity index is 378. The van der Waals surface area contributed by atoms with Crippen molar-refractivity contribution in [3.63, 3.8) is 0 Å². The lowest BCUT2D eigenvalue weighted by molar-refractivity contribution is 0.0691. The van der Waals surface area contributed by atoms with E-state index in [4.69, 9.17) is 9.84 Å². The van der Waals surface area contributed by atoms with Crippen LogP contribution in [-0.2, 0) is 0 Å². The molecule has 0 aliphatic heterocycles. The molecule has 5 heteroatoms. The molecule has 0 heterocycles. The Morgan fingerprint density at radius 3 is 2.75 bits per heavy atom. The van der Waals surface area contributed by atoms with Crippen LogP contribution in [0.2, 0.25) is 0 Å². The molecule has 0 radical (unpaired) electrons. The summed E-state index contributed by atoms with van der Waals surface area (Å²) >= 11 is 0. The first-order valence-electron chi connectivity index (χ1n) is 4.88. The van der Waals surface area contributed by atoms with Crippen LogP contribution in [0.25, 0.3) is 0 Å². The number of carboxylic acid groups (broad SMARTS) is 1. The molecule has 1 aromatic rings. The van der Waals surface area contributed by atoms with Crippen LogP contribution in [0.1, 0.15) is 23.7 Å². The first-order chi connectivity index (χ1) is 7.54. The van der Waals surface area contributed by atoms with Gasteiger partial charge < -0.3 is 14.9 Å². The number of rotatable bonds is 5. The molecule has 0 aliphatic rings. The van der Waals surface area contributed by atoms with Crippen molar-refractivity contribution in [2.24, 2.45) is 0 Å². The largest absolute Gasteiger partial charge is 0.491 e. The minimum absolute atomic E-state index is 0.0579. The van der Waals surface area contributed by atoms with Crippen molar-refractivity contribution in [3.8, 4) is 5.75 Å². The highest BCUT2D eigenvalue weighted by Gasteiger charge is 2.11. The summed E-state index contributed by atoms with van der Waals surface area (Å²) in [4.78, 5) is 10.5. The van der Waals surface area contributed by atoms with Crippen LogP contribution in [0, 0.1) is 5.82 Å². The average Bonchev–Trinajstić information content (AvgIpc) is 2.25. The molecule has 4 nitrogen and oxygen atoms in total. The fraction of sp³-hybridized carbons (Fsp3) is 0.364. The number of aliphatic hydroxyl groups excluding tert-OH is 1. The number of carboxylic acids is 1. The molecule has 1 atom stereocenters. The van der Waals surface area contributed by atoms with Gasteiger partial charge in [0, 0.05) is 6.07 Å². The summed E-state index contributed by atoms with van der Waals surface area (Å²) in [5.74, 6) is -1.97. The fourth-order valence-corrected chi connectivity index (χ4v) is 1.07. The first-order valence-corrected chi connectivity index (χ1v) is 4.88. The normalized spacial score (nSPS) is 12.2. The Kier molecular flexibility index (Phi) is 4.25. The van der Waals surface area contributed by atoms with Gasteiger partial charge in [-0.15, -0.1) is 0 Å². The number of carbonyl (C=O) groups is 1. The lowest BCUT2D eigenvalue weighted by atomic mass is 10.2. The van der Waals surface area contributed by atoms with Gasteiger partial charge in [0.2, 0.25) is 0 Å². The third kappa shape index (κ3) is 3.20. The van der Waals surface area contributed by atoms with Crippen LogP contribution in [0.3, 0.4) is 0 Å². The molecule has 88 valence electrons. The third-order valence-corrected chi connectivity index (χ3v) is 2.08. The molecule has 1 rings (SSSR count). The van der Waals surface area contributed by atoms with E-state index in [1.807, 2.05) is 0 Å². The zero-order chi connectivity index (χ0) is 12.1. The third-order valence-electron chi connectivity index (χ3n) is 2.08. The summed E-state index contributed by atoms with van der Waals surface area (Å²) in [7, 11) is 0. The maximum atomic E-state index is 13.2. The monoisotopic (exact) mass is 228 g/mol. The lowest BCUT2D eigenvalue weighted by Gasteiger charge is -2.10. The van der Waals surface area contributed by atoms with Crippen LogP contribution >= 0.6 is 0 Å². The molecule has 0 aliphatic carbocycles. The van der Waals surface area contributed by atoms with Crippen LogP contribution in [0.15, 0.2) is 18.2 Å². The van der Waals surface area contributed by atoms with Crippen molar-refractivity contribution in [1.82, 2.24) is 0 Å². The number of ether oxygens (including phenoxy) is 1. The second-order valence-electron chi connectivity index (χ2n) is 3.32. The fourth-order valence-electron chi connectivity index (χ4n) is 1.07. The summed E-state index contributed by atoms with van der Waals surface area (Å²) in [6.45, 7) is 1.85. The highest BCUT2D eigenvalue weighted by atomic mass is 19.1. The maximum Gasteiger partial charge on any atom is 0.338 e. The van der Waals surface area contributed by atoms with Gasteiger partial charge in [-0.3, -0.25) is 0 Å². The summed E-state index contributed by atoms with van der Waals surface area (Å²) in [6, 6.07) is 3.48. The van der Waals surface area contributed by atoms with Gasteiger partial charge in [-0.2, -0.15) is 0 Å². The zero-order valence-electron chi connectivity index (χ0n) is 8.81. The van der Waals surface area contributed by atoms with Crippen LogP contribution < -0.4 is 4.74 Å². The van der Waals surface area contributed by atoms with Gasteiger partial charge in [0.1, 0.15) is 18.2 Å². The molecule has 0 bridgehead atoms. The average molecular weight is 228 g/mol. The van der Waals surface area contributed by atoms with Gasteiger partial charge in [-0.25, -0.2) is 9.18 Å². The van der Waals surface area contributed by atoms with E-state index in [2.05, 4.69) is 0 Å². The standard InChI is InChI=1S/C11H13FO4/c1-2-7(13)6-16-8-3-4-9(11(14)15)10(12)5-8/h3-5,7,13H,2,6H2,1H3,(H,14,15). The predicted molar refractivity (Wildman–Crippen MR) is 55.2 cm³/mol. The van der Waals surface area contributed by atoms with E-state index >= 15 is 0 Å². The molecular weight excluding hydrogens is 215 g/mol. The van der Waals surface area contributed by atoms with Crippen molar-refractivity contribution < 1.29 is 24.1 Å². The topological polar surface area (TPSA) is 66.8 Å². The van der Waals surface area contributed by atoms with Crippen LogP contribution in [-0.4, -0.2) is 28.9 Å². The number of hydrogen-bond donors (Lipinski definition) is 2. The van der Waals surface area contributed by atoms with Crippen molar-refractivity contribution in [2.75, 3.05) is 6.61 Å². The van der Waals surface area contributed by atoms with Gasteiger partial charge in [0.25, 0.3) is 0 Å². The SMILES string of the molecule is CCC(O)COc1ccc(C(=O)O)c(F)c1. The minimum Gasteiger partial charge on any atom is -0.491 e. The number of aliphatic hydroxyl groups is 1. The molecule has 0 fully saturated rings. The van der Waals surface area contributed by atoms with Gasteiger partial charge in [-0.1, -0.05) is 6.92 Å². The van der Waals surface area contributed by atoms with E-state index in [1.165, 1.54) is 6.07 Å². The van der Waals surface area contributed by atoms with Crippen molar-refractivity contribution in [2.45, 2.75) is 19.4 Å². The van der Waals surface area contributed by atoms with Gasteiger partial charge in [0.05, 0.1) is 11.7 Å². The second-order valence-corrected chi connectivity index (χ2v) is 3.32. The van der Waals surface area contributed by atoms with Crippen molar-refractivity contribution >= 4 is 5.97 Å². The second kappa shape index (κ2) is 5.46. The smallest absolute Gasteiger partial charge is 0.338 e. The molecule has 0 spiro atoms. The quantitative estimate of drug-likeness (QED) is 0.804. The molecule has 1 aromatic carbocycles. The van der Waals surface area contributed by atoms with Crippen LogP contribution in [0.5, 0.6) is 5.75 Å². The van der Waals surface area contributed by atoms with E-state index in [0.717, 1.165) is 12.1 Å². The maximum absolute atomic E-state index is 13.2. The van der Waals surface area contributed by atoms with Gasteiger partial charge in [-0.05, 0) is 18.6 Å². The van der Waals surface area contributed by atoms with Crippen molar-refractivity contribution in [3.05, 3.63) is 29.6 Å². The molecule has 0 saturated carbocycles. The highest BCUT2D eigenvalue weighted by molar-refractivity contribution is 5.88. The Labute approximate surface area is 92.3 Å². The van der Waals surface area contributed by atoms with Gasteiger partial charge in [0.15, 0.2) is 0 Å². The van der Waals surface area contributed by atoms with E-state index < -0.39 is 23.5 Å². The zero-order valence-corrected chi connectivity index (χ0v) is 8.81. The van der Waals surface area contributed by atoms with E-state index in [1.54, 1.807) is 6.92 Å². The Morgan fingerprint density at radius 1 is 1.56 bits per heavy atom. The summed E-state index contributed by atoms with van der Waals surface area (Å²) < 4.78 is 18.3. The summed E-state index contributed by atoms with van der Waals surface area (Å²) in [5.41, 5.74) is -0.400. The van der Waals surface area contributed by atoms with E-state index in [-0.39, 0.29) is 12.4 Å². The number of hydrogen-bond acceptors (Lipinski definition) is 3. The predicted octanol–water partition coefficient (Wildman–Crippen LogP) is 1.67. The Hall–Kier alpha value is -1.62. The number of benzene rings is 1. The number of aromatic carboxylic acids is 1. The molecule has 0 saturated heterocycles. The Morgan fingerprint density at radius 2 is 2.25 bits per heavy atom. The first kappa shape index (κ1) is 12.4. The number of halogens is 1. The minimum atomic E-state index is -1.32.